The molecule has 0 aliphatic heterocycles. The van der Waals surface area contributed by atoms with E-state index in [1.54, 1.807) is 13.2 Å². The Bertz CT molecular complexity index is 947. The zero-order valence-electron chi connectivity index (χ0n) is 15.3. The van der Waals surface area contributed by atoms with Crippen LogP contribution >= 0.6 is 0 Å². The molecule has 3 aromatic rings. The number of carbonyl (C=O) groups excluding carboxylic acids is 1. The molecule has 0 spiro atoms. The number of aromatic nitrogens is 1. The molecule has 1 heterocycles. The maximum atomic E-state index is 12.7. The molecule has 1 amide bonds. The number of hydrogen-bond acceptors (Lipinski definition) is 4. The molecule has 5 heteroatoms. The number of rotatable bonds is 4. The fourth-order valence-corrected chi connectivity index (χ4v) is 3.51. The second kappa shape index (κ2) is 7.66. The van der Waals surface area contributed by atoms with Gasteiger partial charge in [0.25, 0.3) is 5.91 Å². The van der Waals surface area contributed by atoms with E-state index < -0.39 is 0 Å². The Labute approximate surface area is 158 Å². The molecule has 0 saturated carbocycles. The molecule has 0 fully saturated rings. The molecule has 0 saturated heterocycles. The molecular weight excluding hydrogens is 340 g/mol. The molecule has 0 unspecified atom stereocenters. The number of nitrogens with zero attached hydrogens (tertiary/aromatic N) is 1. The smallest absolute Gasteiger partial charge is 0.277 e. The number of carbonyl (C=O) groups is 1. The number of methoxy groups -OCH3 is 1. The Morgan fingerprint density at radius 3 is 2.52 bits per heavy atom. The first kappa shape index (κ1) is 17.3. The van der Waals surface area contributed by atoms with Gasteiger partial charge >= 0.3 is 0 Å². The van der Waals surface area contributed by atoms with E-state index in [0.29, 0.717) is 17.2 Å². The Kier molecular flexibility index (Phi) is 4.92. The summed E-state index contributed by atoms with van der Waals surface area (Å²) < 4.78 is 10.8. The minimum Gasteiger partial charge on any atom is -0.495 e. The van der Waals surface area contributed by atoms with Crippen molar-refractivity contribution < 1.29 is 14.1 Å². The Hall–Kier alpha value is -3.08. The molecule has 138 valence electrons. The SMILES string of the molecule is COc1cc2c(cc1NC(=O)c1cc(-c3ccccc3)on1)CCCCC2. The van der Waals surface area contributed by atoms with Crippen molar-refractivity contribution in [3.05, 3.63) is 65.4 Å². The van der Waals surface area contributed by atoms with Crippen LogP contribution in [0.5, 0.6) is 5.75 Å². The molecule has 0 bridgehead atoms. The summed E-state index contributed by atoms with van der Waals surface area (Å²) in [7, 11) is 1.62. The Morgan fingerprint density at radius 1 is 1.04 bits per heavy atom. The number of fused-ring (bicyclic) bond motifs is 1. The topological polar surface area (TPSA) is 64.4 Å². The second-order valence-electron chi connectivity index (χ2n) is 6.78. The van der Waals surface area contributed by atoms with Crippen LogP contribution in [-0.2, 0) is 12.8 Å². The molecule has 1 aromatic heterocycles. The van der Waals surface area contributed by atoms with E-state index in [9.17, 15) is 4.79 Å². The fourth-order valence-electron chi connectivity index (χ4n) is 3.51. The lowest BCUT2D eigenvalue weighted by molar-refractivity contribution is 0.101. The van der Waals surface area contributed by atoms with E-state index in [1.165, 1.54) is 30.4 Å². The van der Waals surface area contributed by atoms with Crippen molar-refractivity contribution in [2.24, 2.45) is 0 Å². The number of anilines is 1. The fraction of sp³-hybridized carbons (Fsp3) is 0.273. The molecule has 2 aromatic carbocycles. The number of hydrogen-bond donors (Lipinski definition) is 1. The van der Waals surface area contributed by atoms with E-state index in [1.807, 2.05) is 36.4 Å². The largest absolute Gasteiger partial charge is 0.495 e. The van der Waals surface area contributed by atoms with Crippen LogP contribution in [0.1, 0.15) is 40.9 Å². The number of ether oxygens (including phenoxy) is 1. The van der Waals surface area contributed by atoms with Gasteiger partial charge in [-0.2, -0.15) is 0 Å². The maximum absolute atomic E-state index is 12.7. The van der Waals surface area contributed by atoms with E-state index >= 15 is 0 Å². The van der Waals surface area contributed by atoms with Gasteiger partial charge in [0.05, 0.1) is 12.8 Å². The summed E-state index contributed by atoms with van der Waals surface area (Å²) in [6, 6.07) is 15.3. The van der Waals surface area contributed by atoms with Gasteiger partial charge in [-0.3, -0.25) is 4.79 Å². The van der Waals surface area contributed by atoms with Crippen LogP contribution in [0.4, 0.5) is 5.69 Å². The minimum absolute atomic E-state index is 0.242. The molecular formula is C22H22N2O3. The number of amides is 1. The van der Waals surface area contributed by atoms with Crippen molar-refractivity contribution in [1.82, 2.24) is 5.16 Å². The van der Waals surface area contributed by atoms with Gasteiger partial charge in [-0.05, 0) is 48.9 Å². The van der Waals surface area contributed by atoms with Crippen LogP contribution in [0.2, 0.25) is 0 Å². The van der Waals surface area contributed by atoms with Crippen molar-refractivity contribution in [2.45, 2.75) is 32.1 Å². The second-order valence-corrected chi connectivity index (χ2v) is 6.78. The van der Waals surface area contributed by atoms with Crippen molar-refractivity contribution >= 4 is 11.6 Å². The van der Waals surface area contributed by atoms with Crippen LogP contribution in [0.3, 0.4) is 0 Å². The molecule has 1 aliphatic carbocycles. The third-order valence-corrected chi connectivity index (χ3v) is 4.96. The summed E-state index contributed by atoms with van der Waals surface area (Å²) in [6.45, 7) is 0. The molecule has 27 heavy (non-hydrogen) atoms. The summed E-state index contributed by atoms with van der Waals surface area (Å²) in [5.74, 6) is 0.929. The van der Waals surface area contributed by atoms with Gasteiger partial charge in [0, 0.05) is 11.6 Å². The number of nitrogens with one attached hydrogen (secondary N) is 1. The van der Waals surface area contributed by atoms with Crippen molar-refractivity contribution in [3.8, 4) is 17.1 Å². The average Bonchev–Trinajstić information content (AvgIpc) is 3.09. The Balaban J connectivity index is 1.58. The van der Waals surface area contributed by atoms with E-state index in [2.05, 4.69) is 16.5 Å². The van der Waals surface area contributed by atoms with Gasteiger partial charge in [-0.1, -0.05) is 41.9 Å². The first-order valence-corrected chi connectivity index (χ1v) is 9.28. The van der Waals surface area contributed by atoms with Gasteiger partial charge in [0.2, 0.25) is 0 Å². The predicted molar refractivity (Wildman–Crippen MR) is 104 cm³/mol. The van der Waals surface area contributed by atoms with E-state index in [0.717, 1.165) is 18.4 Å². The lowest BCUT2D eigenvalue weighted by Crippen LogP contribution is -2.13. The molecule has 5 nitrogen and oxygen atoms in total. The van der Waals surface area contributed by atoms with Gasteiger partial charge in [-0.25, -0.2) is 0 Å². The van der Waals surface area contributed by atoms with Crippen molar-refractivity contribution in [2.75, 3.05) is 12.4 Å². The molecule has 1 aliphatic rings. The van der Waals surface area contributed by atoms with E-state index in [-0.39, 0.29) is 11.6 Å². The highest BCUT2D eigenvalue weighted by atomic mass is 16.5. The average molecular weight is 362 g/mol. The first-order chi connectivity index (χ1) is 13.2. The number of benzene rings is 2. The first-order valence-electron chi connectivity index (χ1n) is 9.28. The third kappa shape index (κ3) is 3.72. The maximum Gasteiger partial charge on any atom is 0.277 e. The Morgan fingerprint density at radius 2 is 1.78 bits per heavy atom. The van der Waals surface area contributed by atoms with Gasteiger partial charge in [0.15, 0.2) is 11.5 Å². The quantitative estimate of drug-likeness (QED) is 0.673. The standard InChI is InChI=1S/C22H22N2O3/c1-26-21-13-17-11-7-3-6-10-16(17)12-18(21)23-22(25)19-14-20(27-24-19)15-8-4-2-5-9-15/h2,4-5,8-9,12-14H,3,6-7,10-11H2,1H3,(H,23,25). The van der Waals surface area contributed by atoms with Crippen LogP contribution in [-0.4, -0.2) is 18.2 Å². The molecule has 0 radical (unpaired) electrons. The molecule has 1 N–H and O–H groups in total. The van der Waals surface area contributed by atoms with Gasteiger partial charge in [-0.15, -0.1) is 0 Å². The third-order valence-electron chi connectivity index (χ3n) is 4.96. The van der Waals surface area contributed by atoms with Crippen LogP contribution in [0, 0.1) is 0 Å². The zero-order valence-corrected chi connectivity index (χ0v) is 15.3. The highest BCUT2D eigenvalue weighted by molar-refractivity contribution is 6.04. The highest BCUT2D eigenvalue weighted by Crippen LogP contribution is 2.32. The normalized spacial score (nSPS) is 13.5. The summed E-state index contributed by atoms with van der Waals surface area (Å²) in [5.41, 5.74) is 4.40. The minimum atomic E-state index is -0.312. The molecule has 4 rings (SSSR count). The van der Waals surface area contributed by atoms with E-state index in [4.69, 9.17) is 9.26 Å². The lowest BCUT2D eigenvalue weighted by Gasteiger charge is -2.14. The highest BCUT2D eigenvalue weighted by Gasteiger charge is 2.18. The van der Waals surface area contributed by atoms with Crippen LogP contribution in [0.25, 0.3) is 11.3 Å². The van der Waals surface area contributed by atoms with Crippen molar-refractivity contribution in [1.29, 1.82) is 0 Å². The summed E-state index contributed by atoms with van der Waals surface area (Å²) >= 11 is 0. The summed E-state index contributed by atoms with van der Waals surface area (Å²) in [5, 5.41) is 6.85. The monoisotopic (exact) mass is 362 g/mol. The predicted octanol–water partition coefficient (Wildman–Crippen LogP) is 4.87. The van der Waals surface area contributed by atoms with Crippen LogP contribution in [0.15, 0.2) is 53.1 Å². The van der Waals surface area contributed by atoms with Crippen molar-refractivity contribution in [3.63, 3.8) is 0 Å². The summed E-state index contributed by atoms with van der Waals surface area (Å²) in [4.78, 5) is 12.7. The molecule has 0 atom stereocenters. The zero-order chi connectivity index (χ0) is 18.6. The van der Waals surface area contributed by atoms with Crippen LogP contribution < -0.4 is 10.1 Å². The summed E-state index contributed by atoms with van der Waals surface area (Å²) in [6.07, 6.45) is 5.70. The van der Waals surface area contributed by atoms with Gasteiger partial charge < -0.3 is 14.6 Å². The lowest BCUT2D eigenvalue weighted by atomic mass is 10.0. The number of aryl methyl sites for hydroxylation is 2. The van der Waals surface area contributed by atoms with Gasteiger partial charge in [0.1, 0.15) is 5.75 Å².